The van der Waals surface area contributed by atoms with Crippen molar-refractivity contribution in [2.45, 2.75) is 39.3 Å². The lowest BCUT2D eigenvalue weighted by Crippen LogP contribution is -2.70. The van der Waals surface area contributed by atoms with Gasteiger partial charge < -0.3 is 33.5 Å². The van der Waals surface area contributed by atoms with E-state index < -0.39 is 54.7 Å². The minimum Gasteiger partial charge on any atom is -0.401 e. The predicted molar refractivity (Wildman–Crippen MR) is 95.8 cm³/mol. The van der Waals surface area contributed by atoms with Crippen molar-refractivity contribution in [3.63, 3.8) is 0 Å². The monoisotopic (exact) mass is 420 g/mol. The molecule has 14 heteroatoms. The number of rotatable bonds is 6. The van der Waals surface area contributed by atoms with Crippen molar-refractivity contribution in [3.8, 4) is 0 Å². The molecule has 0 amide bonds. The molecule has 0 aromatic rings. The van der Waals surface area contributed by atoms with Crippen LogP contribution in [0.5, 0.6) is 0 Å². The average Bonchev–Trinajstić information content (AvgIpc) is 2.35. The van der Waals surface area contributed by atoms with E-state index in [-0.39, 0.29) is 0 Å². The van der Waals surface area contributed by atoms with Crippen LogP contribution >= 0.6 is 0 Å². The SMILES string of the molecule is CO[Si]1(OC)O[Si](C)(C)O[Si](O[SiH2]C)(O[SiH2]C)O[Si](C)(C)O1. The van der Waals surface area contributed by atoms with Crippen LogP contribution in [-0.2, 0) is 33.5 Å². The maximum absolute atomic E-state index is 6.23. The van der Waals surface area contributed by atoms with E-state index in [4.69, 9.17) is 33.5 Å². The lowest BCUT2D eigenvalue weighted by molar-refractivity contribution is 0.0316. The molecule has 0 N–H and O–H groups in total. The van der Waals surface area contributed by atoms with Gasteiger partial charge in [0.2, 0.25) is 0 Å². The molecule has 0 radical (unpaired) electrons. The van der Waals surface area contributed by atoms with Crippen molar-refractivity contribution in [3.05, 3.63) is 0 Å². The second-order valence-corrected chi connectivity index (χ2v) is 20.6. The van der Waals surface area contributed by atoms with Crippen molar-refractivity contribution < 1.29 is 33.5 Å². The Hall–Kier alpha value is 0.981. The Morgan fingerprint density at radius 1 is 0.636 bits per heavy atom. The molecular formula is C8H28O8Si6. The summed E-state index contributed by atoms with van der Waals surface area (Å²) in [6.45, 7) is 11.6. The molecule has 1 aliphatic rings. The molecular weight excluding hydrogens is 393 g/mol. The fourth-order valence-corrected chi connectivity index (χ4v) is 22.3. The molecule has 1 aliphatic heterocycles. The second-order valence-electron chi connectivity index (χ2n) is 5.48. The van der Waals surface area contributed by atoms with Gasteiger partial charge in [-0.1, -0.05) is 13.1 Å². The summed E-state index contributed by atoms with van der Waals surface area (Å²) in [5.74, 6) is 0. The van der Waals surface area contributed by atoms with E-state index >= 15 is 0 Å². The molecule has 0 aromatic heterocycles. The van der Waals surface area contributed by atoms with Crippen LogP contribution in [0.3, 0.4) is 0 Å². The summed E-state index contributed by atoms with van der Waals surface area (Å²) >= 11 is 0. The lowest BCUT2D eigenvalue weighted by atomic mass is 11.8. The van der Waals surface area contributed by atoms with Gasteiger partial charge in [0.25, 0.3) is 0 Å². The van der Waals surface area contributed by atoms with E-state index in [0.717, 1.165) is 0 Å². The van der Waals surface area contributed by atoms with Gasteiger partial charge in [-0.05, 0) is 26.2 Å². The van der Waals surface area contributed by atoms with Crippen LogP contribution in [0.2, 0.25) is 39.3 Å². The van der Waals surface area contributed by atoms with Crippen LogP contribution in [0.4, 0.5) is 0 Å². The summed E-state index contributed by atoms with van der Waals surface area (Å²) in [4.78, 5) is 0. The van der Waals surface area contributed by atoms with Crippen LogP contribution < -0.4 is 0 Å². The Balaban J connectivity index is 3.20. The molecule has 132 valence electrons. The molecule has 0 spiro atoms. The Kier molecular flexibility index (Phi) is 7.56. The van der Waals surface area contributed by atoms with Gasteiger partial charge in [-0.25, -0.2) is 0 Å². The highest BCUT2D eigenvalue weighted by atomic mass is 28.6. The highest BCUT2D eigenvalue weighted by Gasteiger charge is 2.63. The predicted octanol–water partition coefficient (Wildman–Crippen LogP) is -0.0690. The van der Waals surface area contributed by atoms with E-state index in [1.54, 1.807) is 0 Å². The number of hydrogen-bond donors (Lipinski definition) is 0. The van der Waals surface area contributed by atoms with Gasteiger partial charge in [0.15, 0.2) is 19.5 Å². The quantitative estimate of drug-likeness (QED) is 0.553. The Morgan fingerprint density at radius 2 is 0.955 bits per heavy atom. The maximum Gasteiger partial charge on any atom is 0.661 e. The van der Waals surface area contributed by atoms with E-state index in [2.05, 4.69) is 0 Å². The smallest absolute Gasteiger partial charge is 0.401 e. The molecule has 0 bridgehead atoms. The van der Waals surface area contributed by atoms with E-state index in [0.29, 0.717) is 0 Å². The summed E-state index contributed by atoms with van der Waals surface area (Å²) < 4.78 is 47.4. The third kappa shape index (κ3) is 5.51. The minimum atomic E-state index is -3.29. The van der Waals surface area contributed by atoms with Crippen molar-refractivity contribution in [1.29, 1.82) is 0 Å². The van der Waals surface area contributed by atoms with E-state index in [1.807, 2.05) is 39.3 Å². The van der Waals surface area contributed by atoms with E-state index in [1.165, 1.54) is 14.2 Å². The topological polar surface area (TPSA) is 73.8 Å². The average molecular weight is 421 g/mol. The van der Waals surface area contributed by atoms with Crippen molar-refractivity contribution >= 4 is 54.7 Å². The van der Waals surface area contributed by atoms with Gasteiger partial charge in [-0.3, -0.25) is 0 Å². The molecule has 1 rings (SSSR count). The molecule has 22 heavy (non-hydrogen) atoms. The fourth-order valence-electron chi connectivity index (χ4n) is 2.05. The first kappa shape index (κ1) is 21.0. The van der Waals surface area contributed by atoms with Crippen LogP contribution in [0, 0.1) is 0 Å². The minimum absolute atomic E-state index is 0.779. The first-order valence-corrected chi connectivity index (χ1v) is 20.1. The zero-order chi connectivity index (χ0) is 17.1. The van der Waals surface area contributed by atoms with Gasteiger partial charge >= 0.3 is 35.2 Å². The lowest BCUT2D eigenvalue weighted by Gasteiger charge is -2.45. The van der Waals surface area contributed by atoms with Gasteiger partial charge in [-0.15, -0.1) is 0 Å². The van der Waals surface area contributed by atoms with Crippen molar-refractivity contribution in [1.82, 2.24) is 0 Å². The normalized spacial score (nSPS) is 27.3. The maximum atomic E-state index is 6.23. The molecule has 1 heterocycles. The zero-order valence-corrected chi connectivity index (χ0v) is 21.5. The second kappa shape index (κ2) is 7.91. The van der Waals surface area contributed by atoms with Gasteiger partial charge in [0, 0.05) is 14.2 Å². The zero-order valence-electron chi connectivity index (χ0n) is 14.7. The Labute approximate surface area is 142 Å². The van der Waals surface area contributed by atoms with Crippen molar-refractivity contribution in [2.24, 2.45) is 0 Å². The Morgan fingerprint density at radius 3 is 1.23 bits per heavy atom. The van der Waals surface area contributed by atoms with Gasteiger partial charge in [-0.2, -0.15) is 0 Å². The van der Waals surface area contributed by atoms with Gasteiger partial charge in [0.1, 0.15) is 0 Å². The molecule has 0 aliphatic carbocycles. The molecule has 0 saturated carbocycles. The first-order valence-electron chi connectivity index (χ1n) is 7.26. The molecule has 1 fully saturated rings. The molecule has 0 aromatic carbocycles. The fraction of sp³-hybridized carbons (Fsp3) is 1.00. The largest absolute Gasteiger partial charge is 0.661 e. The van der Waals surface area contributed by atoms with Crippen molar-refractivity contribution in [2.75, 3.05) is 14.2 Å². The third-order valence-corrected chi connectivity index (χ3v) is 20.6. The standard InChI is InChI=1S/C8H28O8Si6/c1-9-21(10-2)13-19(5,6)15-22(11-17-3,12-18-4)16-20(7,8)14-21/h17-18H2,1-8H3. The third-order valence-electron chi connectivity index (χ3n) is 2.63. The summed E-state index contributed by atoms with van der Waals surface area (Å²) in [7, 11) is -10.4. The number of hydrogen-bond acceptors (Lipinski definition) is 8. The summed E-state index contributed by atoms with van der Waals surface area (Å²) in [6, 6.07) is 0. The van der Waals surface area contributed by atoms with Crippen LogP contribution in [-0.4, -0.2) is 69.0 Å². The van der Waals surface area contributed by atoms with Gasteiger partial charge in [0.05, 0.1) is 0 Å². The first-order chi connectivity index (χ1) is 10.1. The molecule has 0 atom stereocenters. The summed E-state index contributed by atoms with van der Waals surface area (Å²) in [5, 5.41) is 0. The molecule has 1 saturated heterocycles. The highest BCUT2D eigenvalue weighted by Crippen LogP contribution is 2.32. The Bertz CT molecular complexity index is 335. The van der Waals surface area contributed by atoms with Crippen LogP contribution in [0.25, 0.3) is 0 Å². The highest BCUT2D eigenvalue weighted by molar-refractivity contribution is 6.89. The van der Waals surface area contributed by atoms with Crippen LogP contribution in [0.1, 0.15) is 0 Å². The van der Waals surface area contributed by atoms with E-state index in [9.17, 15) is 0 Å². The molecule has 8 nitrogen and oxygen atoms in total. The summed E-state index contributed by atoms with van der Waals surface area (Å²) in [5.41, 5.74) is 0. The summed E-state index contributed by atoms with van der Waals surface area (Å²) in [6.07, 6.45) is 0. The molecule has 0 unspecified atom stereocenters. The van der Waals surface area contributed by atoms with Crippen LogP contribution in [0.15, 0.2) is 0 Å².